The summed E-state index contributed by atoms with van der Waals surface area (Å²) in [4.78, 5) is 5.90. The highest BCUT2D eigenvalue weighted by Gasteiger charge is 2.01. The van der Waals surface area contributed by atoms with Gasteiger partial charge in [0.25, 0.3) is 0 Å². The lowest BCUT2D eigenvalue weighted by Gasteiger charge is -2.07. The van der Waals surface area contributed by atoms with Crippen LogP contribution in [0.25, 0.3) is 5.57 Å². The second-order valence-corrected chi connectivity index (χ2v) is 3.36. The molecule has 0 heterocycles. The van der Waals surface area contributed by atoms with Crippen molar-refractivity contribution in [3.8, 4) is 0 Å². The van der Waals surface area contributed by atoms with Gasteiger partial charge in [-0.15, -0.1) is 12.6 Å². The second-order valence-electron chi connectivity index (χ2n) is 2.84. The van der Waals surface area contributed by atoms with Gasteiger partial charge in [-0.25, -0.2) is 0 Å². The maximum atomic E-state index is 5.67. The Morgan fingerprint density at radius 2 is 1.93 bits per heavy atom. The van der Waals surface area contributed by atoms with Crippen LogP contribution in [0, 0.1) is 0 Å². The minimum absolute atomic E-state index is 0.374. The van der Waals surface area contributed by atoms with Crippen molar-refractivity contribution in [2.45, 2.75) is 11.8 Å². The number of hydrogen-bond acceptors (Lipinski definition) is 4. The first kappa shape index (κ1) is 10.9. The first-order chi connectivity index (χ1) is 6.65. The summed E-state index contributed by atoms with van der Waals surface area (Å²) in [5, 5.41) is 0. The molecular formula is C10H14N2OS. The third kappa shape index (κ3) is 2.68. The van der Waals surface area contributed by atoms with E-state index >= 15 is 0 Å². The van der Waals surface area contributed by atoms with Crippen molar-refractivity contribution in [3.05, 3.63) is 35.7 Å². The number of rotatable bonds is 3. The van der Waals surface area contributed by atoms with Gasteiger partial charge < -0.3 is 10.6 Å². The lowest BCUT2D eigenvalue weighted by molar-refractivity contribution is 0.126. The SMILES string of the molecule is CNO/C(N)=C(\C)c1ccc(S)cc1. The van der Waals surface area contributed by atoms with Gasteiger partial charge >= 0.3 is 0 Å². The highest BCUT2D eigenvalue weighted by atomic mass is 32.1. The Balaban J connectivity index is 2.93. The summed E-state index contributed by atoms with van der Waals surface area (Å²) in [7, 11) is 1.66. The zero-order valence-electron chi connectivity index (χ0n) is 8.24. The van der Waals surface area contributed by atoms with Gasteiger partial charge in [-0.2, -0.15) is 5.48 Å². The molecule has 1 aromatic carbocycles. The Morgan fingerprint density at radius 1 is 1.36 bits per heavy atom. The van der Waals surface area contributed by atoms with Crippen molar-refractivity contribution >= 4 is 18.2 Å². The molecule has 0 aliphatic heterocycles. The Bertz CT molecular complexity index is 332. The fraction of sp³-hybridized carbons (Fsp3) is 0.200. The largest absolute Gasteiger partial charge is 0.391 e. The van der Waals surface area contributed by atoms with Gasteiger partial charge in [0.15, 0.2) is 0 Å². The molecule has 1 aromatic rings. The maximum absolute atomic E-state index is 5.67. The number of hydroxylamine groups is 1. The standard InChI is InChI=1S/C10H14N2OS/c1-7(10(11)13-12-2)8-3-5-9(14)6-4-8/h3-6,12,14H,11H2,1-2H3/b10-7+. The number of hydrogen-bond donors (Lipinski definition) is 3. The second kappa shape index (κ2) is 4.93. The van der Waals surface area contributed by atoms with Crippen LogP contribution in [-0.2, 0) is 4.84 Å². The summed E-state index contributed by atoms with van der Waals surface area (Å²) >= 11 is 4.20. The first-order valence-electron chi connectivity index (χ1n) is 4.24. The van der Waals surface area contributed by atoms with Crippen LogP contribution in [0.5, 0.6) is 0 Å². The molecule has 0 aromatic heterocycles. The van der Waals surface area contributed by atoms with Crippen molar-refractivity contribution in [3.63, 3.8) is 0 Å². The minimum Gasteiger partial charge on any atom is -0.391 e. The molecule has 0 fully saturated rings. The number of benzene rings is 1. The predicted molar refractivity (Wildman–Crippen MR) is 60.6 cm³/mol. The predicted octanol–water partition coefficient (Wildman–Crippen LogP) is 1.77. The van der Waals surface area contributed by atoms with Crippen molar-refractivity contribution in [2.75, 3.05) is 7.05 Å². The molecule has 14 heavy (non-hydrogen) atoms. The number of allylic oxidation sites excluding steroid dienone is 1. The van der Waals surface area contributed by atoms with Gasteiger partial charge in [0.2, 0.25) is 5.88 Å². The third-order valence-corrected chi connectivity index (χ3v) is 2.18. The van der Waals surface area contributed by atoms with Gasteiger partial charge in [0.1, 0.15) is 0 Å². The zero-order valence-corrected chi connectivity index (χ0v) is 9.14. The smallest absolute Gasteiger partial charge is 0.212 e. The average Bonchev–Trinajstić information content (AvgIpc) is 2.18. The number of thiol groups is 1. The Hall–Kier alpha value is -1.13. The monoisotopic (exact) mass is 210 g/mol. The van der Waals surface area contributed by atoms with Crippen LogP contribution < -0.4 is 11.2 Å². The summed E-state index contributed by atoms with van der Waals surface area (Å²) in [5.41, 5.74) is 10.1. The quantitative estimate of drug-likeness (QED) is 0.405. The van der Waals surface area contributed by atoms with E-state index in [-0.39, 0.29) is 0 Å². The lowest BCUT2D eigenvalue weighted by Crippen LogP contribution is -2.14. The van der Waals surface area contributed by atoms with E-state index in [1.807, 2.05) is 31.2 Å². The van der Waals surface area contributed by atoms with Gasteiger partial charge in [0.05, 0.1) is 0 Å². The van der Waals surface area contributed by atoms with Crippen LogP contribution in [0.3, 0.4) is 0 Å². The number of nitrogens with two attached hydrogens (primary N) is 1. The lowest BCUT2D eigenvalue weighted by atomic mass is 10.1. The van der Waals surface area contributed by atoms with Gasteiger partial charge in [-0.05, 0) is 24.6 Å². The van der Waals surface area contributed by atoms with Crippen LogP contribution in [0.4, 0.5) is 0 Å². The molecule has 0 bridgehead atoms. The van der Waals surface area contributed by atoms with Crippen molar-refractivity contribution in [1.82, 2.24) is 5.48 Å². The van der Waals surface area contributed by atoms with E-state index < -0.39 is 0 Å². The summed E-state index contributed by atoms with van der Waals surface area (Å²) in [6, 6.07) is 7.72. The van der Waals surface area contributed by atoms with Crippen molar-refractivity contribution in [1.29, 1.82) is 0 Å². The molecular weight excluding hydrogens is 196 g/mol. The van der Waals surface area contributed by atoms with Crippen LogP contribution in [-0.4, -0.2) is 7.05 Å². The van der Waals surface area contributed by atoms with Crippen molar-refractivity contribution in [2.24, 2.45) is 5.73 Å². The molecule has 3 nitrogen and oxygen atoms in total. The third-order valence-electron chi connectivity index (χ3n) is 1.88. The maximum Gasteiger partial charge on any atom is 0.212 e. The van der Waals surface area contributed by atoms with E-state index in [9.17, 15) is 0 Å². The molecule has 0 unspecified atom stereocenters. The Kier molecular flexibility index (Phi) is 3.85. The van der Waals surface area contributed by atoms with Crippen LogP contribution >= 0.6 is 12.6 Å². The molecule has 0 aliphatic carbocycles. The molecule has 0 radical (unpaired) electrons. The van der Waals surface area contributed by atoms with Gasteiger partial charge in [-0.1, -0.05) is 12.1 Å². The van der Waals surface area contributed by atoms with E-state index in [1.54, 1.807) is 7.05 Å². The van der Waals surface area contributed by atoms with E-state index in [1.165, 1.54) is 0 Å². The van der Waals surface area contributed by atoms with E-state index in [0.717, 1.165) is 16.0 Å². The van der Waals surface area contributed by atoms with E-state index in [4.69, 9.17) is 10.6 Å². The summed E-state index contributed by atoms with van der Waals surface area (Å²) < 4.78 is 0. The molecule has 0 aliphatic rings. The van der Waals surface area contributed by atoms with E-state index in [2.05, 4.69) is 18.1 Å². The Morgan fingerprint density at radius 3 is 2.43 bits per heavy atom. The van der Waals surface area contributed by atoms with Gasteiger partial charge in [0, 0.05) is 17.5 Å². The van der Waals surface area contributed by atoms with Crippen LogP contribution in [0.15, 0.2) is 35.0 Å². The molecule has 1 rings (SSSR count). The molecule has 0 saturated carbocycles. The Labute approximate surface area is 89.3 Å². The molecule has 0 atom stereocenters. The van der Waals surface area contributed by atoms with Crippen LogP contribution in [0.2, 0.25) is 0 Å². The average molecular weight is 210 g/mol. The highest BCUT2D eigenvalue weighted by molar-refractivity contribution is 7.80. The molecule has 3 N–H and O–H groups in total. The highest BCUT2D eigenvalue weighted by Crippen LogP contribution is 2.17. The topological polar surface area (TPSA) is 47.3 Å². The van der Waals surface area contributed by atoms with Crippen LogP contribution in [0.1, 0.15) is 12.5 Å². The molecule has 4 heteroatoms. The zero-order chi connectivity index (χ0) is 10.6. The molecule has 0 saturated heterocycles. The minimum atomic E-state index is 0.374. The molecule has 0 spiro atoms. The van der Waals surface area contributed by atoms with E-state index in [0.29, 0.717) is 5.88 Å². The van der Waals surface area contributed by atoms with Crippen molar-refractivity contribution < 1.29 is 4.84 Å². The molecule has 0 amide bonds. The summed E-state index contributed by atoms with van der Waals surface area (Å²) in [5.74, 6) is 0.374. The molecule has 76 valence electrons. The summed E-state index contributed by atoms with van der Waals surface area (Å²) in [6.45, 7) is 1.90. The normalized spacial score (nSPS) is 12.2. The first-order valence-corrected chi connectivity index (χ1v) is 4.69. The van der Waals surface area contributed by atoms with Gasteiger partial charge in [-0.3, -0.25) is 0 Å². The fourth-order valence-corrected chi connectivity index (χ4v) is 1.19. The summed E-state index contributed by atoms with van der Waals surface area (Å²) in [6.07, 6.45) is 0. The fourth-order valence-electron chi connectivity index (χ4n) is 1.04. The number of nitrogens with one attached hydrogen (secondary N) is 1.